The fourth-order valence-electron chi connectivity index (χ4n) is 1.26. The van der Waals surface area contributed by atoms with Gasteiger partial charge in [0.2, 0.25) is 0 Å². The number of alkyl halides is 5. The largest absolute Gasteiger partial charge is 0.434 e. The number of carbonyl (C=O) groups is 1. The maximum atomic E-state index is 12.4. The van der Waals surface area contributed by atoms with E-state index < -0.39 is 36.1 Å². The van der Waals surface area contributed by atoms with Crippen molar-refractivity contribution in [3.63, 3.8) is 0 Å². The molecule has 0 aliphatic rings. The SMILES string of the molecule is NCc1cc(C=O)c(C(F)(F)F)nc1C(F)F. The zero-order chi connectivity index (χ0) is 13.2. The van der Waals surface area contributed by atoms with Crippen LogP contribution in [0.15, 0.2) is 6.07 Å². The second-order valence-electron chi connectivity index (χ2n) is 3.09. The van der Waals surface area contributed by atoms with Gasteiger partial charge in [-0.25, -0.2) is 13.8 Å². The highest BCUT2D eigenvalue weighted by Gasteiger charge is 2.37. The third-order valence-corrected chi connectivity index (χ3v) is 1.99. The second kappa shape index (κ2) is 4.74. The summed E-state index contributed by atoms with van der Waals surface area (Å²) in [5.41, 5.74) is 1.34. The van der Waals surface area contributed by atoms with Crippen LogP contribution in [0.25, 0.3) is 0 Å². The van der Waals surface area contributed by atoms with Crippen molar-refractivity contribution in [2.45, 2.75) is 19.1 Å². The van der Waals surface area contributed by atoms with E-state index in [2.05, 4.69) is 4.98 Å². The van der Waals surface area contributed by atoms with Gasteiger partial charge in [-0.2, -0.15) is 13.2 Å². The number of aromatic nitrogens is 1. The van der Waals surface area contributed by atoms with E-state index in [0.29, 0.717) is 6.07 Å². The third kappa shape index (κ3) is 2.76. The number of nitrogens with zero attached hydrogens (tertiary/aromatic N) is 1. The Morgan fingerprint density at radius 1 is 1.41 bits per heavy atom. The summed E-state index contributed by atoms with van der Waals surface area (Å²) in [6, 6.07) is 0.685. The molecule has 1 heterocycles. The first-order valence-electron chi connectivity index (χ1n) is 4.35. The van der Waals surface area contributed by atoms with E-state index in [4.69, 9.17) is 5.73 Å². The number of pyridine rings is 1. The van der Waals surface area contributed by atoms with Gasteiger partial charge in [0.25, 0.3) is 6.43 Å². The van der Waals surface area contributed by atoms with E-state index in [1.807, 2.05) is 0 Å². The summed E-state index contributed by atoms with van der Waals surface area (Å²) < 4.78 is 62.1. The first-order chi connectivity index (χ1) is 7.81. The molecule has 0 spiro atoms. The standard InChI is InChI=1S/C9H7F5N2O/c10-8(11)6-4(2-15)1-5(3-17)7(16-6)9(12,13)14/h1,3,8H,2,15H2. The molecule has 1 rings (SSSR count). The Labute approximate surface area is 92.4 Å². The molecule has 17 heavy (non-hydrogen) atoms. The molecule has 1 aromatic heterocycles. The van der Waals surface area contributed by atoms with Crippen LogP contribution in [0.3, 0.4) is 0 Å². The first kappa shape index (κ1) is 13.5. The molecule has 8 heteroatoms. The molecular formula is C9H7F5N2O. The Morgan fingerprint density at radius 3 is 2.35 bits per heavy atom. The molecular weight excluding hydrogens is 247 g/mol. The van der Waals surface area contributed by atoms with Crippen molar-refractivity contribution in [2.24, 2.45) is 5.73 Å². The monoisotopic (exact) mass is 254 g/mol. The van der Waals surface area contributed by atoms with E-state index >= 15 is 0 Å². The summed E-state index contributed by atoms with van der Waals surface area (Å²) in [5.74, 6) is 0. The molecule has 0 aromatic carbocycles. The number of carbonyl (C=O) groups excluding carboxylic acids is 1. The van der Waals surface area contributed by atoms with Gasteiger partial charge in [-0.3, -0.25) is 4.79 Å². The molecule has 3 nitrogen and oxygen atoms in total. The van der Waals surface area contributed by atoms with Gasteiger partial charge in [0.05, 0.1) is 0 Å². The number of hydrogen-bond donors (Lipinski definition) is 1. The van der Waals surface area contributed by atoms with E-state index in [-0.39, 0.29) is 11.8 Å². The average molecular weight is 254 g/mol. The minimum Gasteiger partial charge on any atom is -0.326 e. The number of halogens is 5. The summed E-state index contributed by atoms with van der Waals surface area (Å²) in [5, 5.41) is 0. The van der Waals surface area contributed by atoms with Crippen molar-refractivity contribution in [3.8, 4) is 0 Å². The molecule has 94 valence electrons. The van der Waals surface area contributed by atoms with Crippen molar-refractivity contribution < 1.29 is 26.7 Å². The molecule has 0 bridgehead atoms. The summed E-state index contributed by atoms with van der Waals surface area (Å²) in [6.45, 7) is -0.425. The fourth-order valence-corrected chi connectivity index (χ4v) is 1.26. The Hall–Kier alpha value is -1.57. The van der Waals surface area contributed by atoms with Crippen LogP contribution in [0.1, 0.15) is 33.7 Å². The summed E-state index contributed by atoms with van der Waals surface area (Å²) in [7, 11) is 0. The van der Waals surface area contributed by atoms with Crippen LogP contribution in [0, 0.1) is 0 Å². The maximum absolute atomic E-state index is 12.4. The smallest absolute Gasteiger partial charge is 0.326 e. The minimum atomic E-state index is -4.97. The van der Waals surface area contributed by atoms with Crippen LogP contribution in [0.5, 0.6) is 0 Å². The van der Waals surface area contributed by atoms with Gasteiger partial charge < -0.3 is 5.73 Å². The van der Waals surface area contributed by atoms with Gasteiger partial charge in [0.15, 0.2) is 12.0 Å². The van der Waals surface area contributed by atoms with Gasteiger partial charge >= 0.3 is 6.18 Å². The quantitative estimate of drug-likeness (QED) is 0.665. The van der Waals surface area contributed by atoms with Crippen LogP contribution in [0.2, 0.25) is 0 Å². The lowest BCUT2D eigenvalue weighted by atomic mass is 10.1. The van der Waals surface area contributed by atoms with Crippen LogP contribution < -0.4 is 5.73 Å². The number of rotatable bonds is 3. The van der Waals surface area contributed by atoms with Crippen LogP contribution in [0.4, 0.5) is 22.0 Å². The zero-order valence-electron chi connectivity index (χ0n) is 8.26. The van der Waals surface area contributed by atoms with E-state index in [9.17, 15) is 26.7 Å². The van der Waals surface area contributed by atoms with Gasteiger partial charge in [0.1, 0.15) is 5.69 Å². The summed E-state index contributed by atoms with van der Waals surface area (Å²) in [6.07, 6.45) is -8.24. The summed E-state index contributed by atoms with van der Waals surface area (Å²) >= 11 is 0. The van der Waals surface area contributed by atoms with Crippen molar-refractivity contribution in [2.75, 3.05) is 0 Å². The average Bonchev–Trinajstić information content (AvgIpc) is 2.25. The third-order valence-electron chi connectivity index (χ3n) is 1.99. The van der Waals surface area contributed by atoms with Crippen molar-refractivity contribution in [1.29, 1.82) is 0 Å². The molecule has 0 saturated carbocycles. The van der Waals surface area contributed by atoms with Crippen LogP contribution in [-0.2, 0) is 12.7 Å². The molecule has 0 saturated heterocycles. The second-order valence-corrected chi connectivity index (χ2v) is 3.09. The molecule has 1 aromatic rings. The van der Waals surface area contributed by atoms with E-state index in [1.165, 1.54) is 0 Å². The highest BCUT2D eigenvalue weighted by atomic mass is 19.4. The Morgan fingerprint density at radius 2 is 2.00 bits per heavy atom. The highest BCUT2D eigenvalue weighted by Crippen LogP contribution is 2.33. The topological polar surface area (TPSA) is 56.0 Å². The van der Waals surface area contributed by atoms with Gasteiger partial charge in [-0.1, -0.05) is 0 Å². The van der Waals surface area contributed by atoms with Gasteiger partial charge in [0, 0.05) is 12.1 Å². The lowest BCUT2D eigenvalue weighted by molar-refractivity contribution is -0.141. The van der Waals surface area contributed by atoms with Gasteiger partial charge in [-0.15, -0.1) is 0 Å². The van der Waals surface area contributed by atoms with Crippen LogP contribution in [-0.4, -0.2) is 11.3 Å². The maximum Gasteiger partial charge on any atom is 0.434 e. The van der Waals surface area contributed by atoms with Crippen molar-refractivity contribution >= 4 is 6.29 Å². The summed E-state index contributed by atoms with van der Waals surface area (Å²) in [4.78, 5) is 13.3. The highest BCUT2D eigenvalue weighted by molar-refractivity contribution is 5.77. The molecule has 0 radical (unpaired) electrons. The van der Waals surface area contributed by atoms with E-state index in [0.717, 1.165) is 0 Å². The lowest BCUT2D eigenvalue weighted by Gasteiger charge is -2.13. The predicted octanol–water partition coefficient (Wildman–Crippen LogP) is 2.31. The minimum absolute atomic E-state index is 0.0930. The Balaban J connectivity index is 3.50. The predicted molar refractivity (Wildman–Crippen MR) is 47.5 cm³/mol. The first-order valence-corrected chi connectivity index (χ1v) is 4.35. The molecule has 0 atom stereocenters. The number of hydrogen-bond acceptors (Lipinski definition) is 3. The normalized spacial score (nSPS) is 11.9. The molecule has 2 N–H and O–H groups in total. The zero-order valence-corrected chi connectivity index (χ0v) is 8.26. The molecule has 0 unspecified atom stereocenters. The van der Waals surface area contributed by atoms with Crippen molar-refractivity contribution in [3.05, 3.63) is 28.6 Å². The lowest BCUT2D eigenvalue weighted by Crippen LogP contribution is -2.16. The molecule has 0 amide bonds. The van der Waals surface area contributed by atoms with E-state index in [1.54, 1.807) is 0 Å². The van der Waals surface area contributed by atoms with Gasteiger partial charge in [-0.05, 0) is 11.6 Å². The molecule has 0 aliphatic heterocycles. The Kier molecular flexibility index (Phi) is 3.76. The molecule has 0 aliphatic carbocycles. The van der Waals surface area contributed by atoms with Crippen molar-refractivity contribution in [1.82, 2.24) is 4.98 Å². The number of nitrogens with two attached hydrogens (primary N) is 1. The fraction of sp³-hybridized carbons (Fsp3) is 0.333. The Bertz CT molecular complexity index is 430. The number of aldehydes is 1. The van der Waals surface area contributed by atoms with Crippen LogP contribution >= 0.6 is 0 Å². The molecule has 0 fully saturated rings.